The molecule has 2 amide bonds. The molecule has 1 saturated carbocycles. The van der Waals surface area contributed by atoms with Crippen molar-refractivity contribution in [3.63, 3.8) is 0 Å². The maximum absolute atomic E-state index is 14.2. The van der Waals surface area contributed by atoms with Gasteiger partial charge in [0.2, 0.25) is 0 Å². The molecule has 0 saturated heterocycles. The number of benzene rings is 2. The van der Waals surface area contributed by atoms with Gasteiger partial charge in [-0.2, -0.15) is 5.10 Å². The van der Waals surface area contributed by atoms with E-state index in [2.05, 4.69) is 20.7 Å². The second kappa shape index (κ2) is 9.53. The fourth-order valence-corrected chi connectivity index (χ4v) is 5.05. The maximum atomic E-state index is 14.2. The molecule has 0 bridgehead atoms. The van der Waals surface area contributed by atoms with Crippen molar-refractivity contribution in [2.24, 2.45) is 0 Å². The van der Waals surface area contributed by atoms with Crippen molar-refractivity contribution in [3.8, 4) is 0 Å². The van der Waals surface area contributed by atoms with Crippen LogP contribution >= 0.6 is 0 Å². The topological polar surface area (TPSA) is 101 Å². The number of hydrogen-bond donors (Lipinski definition) is 3. The Morgan fingerprint density at radius 3 is 2.57 bits per heavy atom. The molecule has 4 aromatic rings. The Kier molecular flexibility index (Phi) is 6.39. The number of aromatic amines is 1. The van der Waals surface area contributed by atoms with E-state index in [9.17, 15) is 14.0 Å². The van der Waals surface area contributed by atoms with Gasteiger partial charge in [0.05, 0.1) is 29.0 Å². The van der Waals surface area contributed by atoms with Crippen molar-refractivity contribution in [1.82, 2.24) is 20.1 Å². The van der Waals surface area contributed by atoms with E-state index < -0.39 is 5.60 Å². The third-order valence-electron chi connectivity index (χ3n) is 6.85. The predicted octanol–water partition coefficient (Wildman–Crippen LogP) is 6.23. The van der Waals surface area contributed by atoms with Crippen molar-refractivity contribution in [2.45, 2.75) is 71.1 Å². The van der Waals surface area contributed by atoms with E-state index >= 15 is 0 Å². The molecule has 1 aliphatic rings. The SMILES string of the molecule is Cc1ccc(F)c2cc(C(=O)Nc3cccc4c3cnn4C3CCC(NC(=O)OC(C)(C)C)CC3)[nH]c12. The summed E-state index contributed by atoms with van der Waals surface area (Å²) in [5.41, 5.74) is 2.84. The van der Waals surface area contributed by atoms with Crippen LogP contribution in [0.25, 0.3) is 21.8 Å². The lowest BCUT2D eigenvalue weighted by molar-refractivity contribution is 0.0487. The van der Waals surface area contributed by atoms with Crippen LogP contribution in [0, 0.1) is 12.7 Å². The minimum absolute atomic E-state index is 0.0764. The highest BCUT2D eigenvalue weighted by atomic mass is 19.1. The number of carbonyl (C=O) groups excluding carboxylic acids is 2. The number of carbonyl (C=O) groups is 2. The zero-order valence-corrected chi connectivity index (χ0v) is 21.5. The number of alkyl carbamates (subject to hydrolysis) is 1. The fourth-order valence-electron chi connectivity index (χ4n) is 5.05. The number of anilines is 1. The molecular formula is C28H32FN5O3. The largest absolute Gasteiger partial charge is 0.444 e. The maximum Gasteiger partial charge on any atom is 0.407 e. The summed E-state index contributed by atoms with van der Waals surface area (Å²) in [5.74, 6) is -0.709. The molecule has 0 atom stereocenters. The van der Waals surface area contributed by atoms with Gasteiger partial charge in [0.1, 0.15) is 17.1 Å². The molecule has 2 aromatic carbocycles. The van der Waals surface area contributed by atoms with E-state index in [-0.39, 0.29) is 29.9 Å². The number of aryl methyl sites for hydroxylation is 1. The van der Waals surface area contributed by atoms with Crippen LogP contribution in [-0.2, 0) is 4.74 Å². The smallest absolute Gasteiger partial charge is 0.407 e. The molecule has 0 unspecified atom stereocenters. The summed E-state index contributed by atoms with van der Waals surface area (Å²) >= 11 is 0. The number of ether oxygens (including phenoxy) is 1. The zero-order chi connectivity index (χ0) is 26.3. The third kappa shape index (κ3) is 5.16. The first-order valence-corrected chi connectivity index (χ1v) is 12.6. The first kappa shape index (κ1) is 24.8. The Morgan fingerprint density at radius 2 is 1.86 bits per heavy atom. The van der Waals surface area contributed by atoms with Gasteiger partial charge in [-0.25, -0.2) is 9.18 Å². The predicted molar refractivity (Wildman–Crippen MR) is 141 cm³/mol. The Balaban J connectivity index is 1.29. The Labute approximate surface area is 214 Å². The second-order valence-corrected chi connectivity index (χ2v) is 10.8. The van der Waals surface area contributed by atoms with Crippen LogP contribution in [0.5, 0.6) is 0 Å². The minimum atomic E-state index is -0.522. The number of fused-ring (bicyclic) bond motifs is 2. The molecule has 0 aliphatic heterocycles. The molecule has 194 valence electrons. The first-order valence-electron chi connectivity index (χ1n) is 12.6. The van der Waals surface area contributed by atoms with Crippen LogP contribution in [0.1, 0.15) is 68.5 Å². The molecule has 2 heterocycles. The average Bonchev–Trinajstić information content (AvgIpc) is 3.47. The fraction of sp³-hybridized carbons (Fsp3) is 0.393. The summed E-state index contributed by atoms with van der Waals surface area (Å²) in [6.07, 6.45) is 4.79. The normalized spacial score (nSPS) is 18.2. The van der Waals surface area contributed by atoms with Gasteiger partial charge < -0.3 is 20.4 Å². The lowest BCUT2D eigenvalue weighted by Gasteiger charge is -2.30. The van der Waals surface area contributed by atoms with Gasteiger partial charge in [-0.05, 0) is 83.2 Å². The summed E-state index contributed by atoms with van der Waals surface area (Å²) in [7, 11) is 0. The van der Waals surface area contributed by atoms with E-state index in [0.29, 0.717) is 22.3 Å². The molecule has 2 aromatic heterocycles. The van der Waals surface area contributed by atoms with Gasteiger partial charge in [-0.3, -0.25) is 9.48 Å². The second-order valence-electron chi connectivity index (χ2n) is 10.8. The quantitative estimate of drug-likeness (QED) is 0.306. The van der Waals surface area contributed by atoms with Crippen LogP contribution in [0.15, 0.2) is 42.6 Å². The van der Waals surface area contributed by atoms with E-state index in [4.69, 9.17) is 4.74 Å². The van der Waals surface area contributed by atoms with Gasteiger partial charge in [0, 0.05) is 16.8 Å². The Bertz CT molecular complexity index is 1440. The van der Waals surface area contributed by atoms with E-state index in [1.54, 1.807) is 18.3 Å². The lowest BCUT2D eigenvalue weighted by atomic mass is 9.91. The molecular weight excluding hydrogens is 473 g/mol. The van der Waals surface area contributed by atoms with Crippen molar-refractivity contribution in [1.29, 1.82) is 0 Å². The van der Waals surface area contributed by atoms with Crippen molar-refractivity contribution in [2.75, 3.05) is 5.32 Å². The highest BCUT2D eigenvalue weighted by Gasteiger charge is 2.27. The van der Waals surface area contributed by atoms with Crippen LogP contribution in [0.3, 0.4) is 0 Å². The molecule has 1 aliphatic carbocycles. The Hall–Kier alpha value is -3.88. The number of hydrogen-bond acceptors (Lipinski definition) is 4. The van der Waals surface area contributed by atoms with Gasteiger partial charge in [0.15, 0.2) is 0 Å². The van der Waals surface area contributed by atoms with E-state index in [0.717, 1.165) is 42.1 Å². The number of halogens is 1. The van der Waals surface area contributed by atoms with Gasteiger partial charge in [-0.15, -0.1) is 0 Å². The van der Waals surface area contributed by atoms with Crippen LogP contribution < -0.4 is 10.6 Å². The van der Waals surface area contributed by atoms with Crippen LogP contribution in [-0.4, -0.2) is 38.4 Å². The summed E-state index contributed by atoms with van der Waals surface area (Å²) in [6.45, 7) is 7.42. The molecule has 1 fully saturated rings. The molecule has 3 N–H and O–H groups in total. The highest BCUT2D eigenvalue weighted by Crippen LogP contribution is 2.33. The summed E-state index contributed by atoms with van der Waals surface area (Å²) in [4.78, 5) is 28.2. The number of rotatable bonds is 4. The molecule has 0 spiro atoms. The van der Waals surface area contributed by atoms with Crippen molar-refractivity contribution in [3.05, 3.63) is 59.7 Å². The lowest BCUT2D eigenvalue weighted by Crippen LogP contribution is -2.41. The van der Waals surface area contributed by atoms with Crippen LogP contribution in [0.4, 0.5) is 14.9 Å². The first-order chi connectivity index (χ1) is 17.6. The monoisotopic (exact) mass is 505 g/mol. The van der Waals surface area contributed by atoms with Crippen molar-refractivity contribution < 1.29 is 18.7 Å². The standard InChI is InChI=1S/C28H32FN5O3/c1-16-8-13-21(29)19-14-23(32-25(16)19)26(35)33-22-6-5-7-24-20(22)15-30-34(24)18-11-9-17(10-12-18)31-27(36)37-28(2,3)4/h5-8,13-15,17-18,32H,9-12H2,1-4H3,(H,31,36)(H,33,35). The number of nitrogens with one attached hydrogen (secondary N) is 3. The molecule has 8 nitrogen and oxygen atoms in total. The summed E-state index contributed by atoms with van der Waals surface area (Å²) in [6, 6.07) is 10.6. The number of nitrogens with zero attached hydrogens (tertiary/aromatic N) is 2. The molecule has 5 rings (SSSR count). The Morgan fingerprint density at radius 1 is 1.11 bits per heavy atom. The molecule has 9 heteroatoms. The van der Waals surface area contributed by atoms with E-state index in [1.165, 1.54) is 6.07 Å². The van der Waals surface area contributed by atoms with Gasteiger partial charge in [0.25, 0.3) is 5.91 Å². The summed E-state index contributed by atoms with van der Waals surface area (Å²) in [5, 5.41) is 11.8. The highest BCUT2D eigenvalue weighted by molar-refractivity contribution is 6.09. The van der Waals surface area contributed by atoms with Crippen LogP contribution in [0.2, 0.25) is 0 Å². The number of H-pyrrole nitrogens is 1. The summed E-state index contributed by atoms with van der Waals surface area (Å²) < 4.78 is 21.6. The molecule has 37 heavy (non-hydrogen) atoms. The molecule has 0 radical (unpaired) electrons. The zero-order valence-electron chi connectivity index (χ0n) is 21.5. The number of amides is 2. The minimum Gasteiger partial charge on any atom is -0.444 e. The van der Waals surface area contributed by atoms with Crippen molar-refractivity contribution >= 4 is 39.5 Å². The average molecular weight is 506 g/mol. The van der Waals surface area contributed by atoms with E-state index in [1.807, 2.05) is 50.6 Å². The number of aromatic nitrogens is 3. The third-order valence-corrected chi connectivity index (χ3v) is 6.85. The van der Waals surface area contributed by atoms with Gasteiger partial charge in [-0.1, -0.05) is 12.1 Å². The van der Waals surface area contributed by atoms with Gasteiger partial charge >= 0.3 is 6.09 Å².